The number of hydrogen-bond acceptors (Lipinski definition) is 4. The summed E-state index contributed by atoms with van der Waals surface area (Å²) in [6.07, 6.45) is 5.06. The molecule has 2 heterocycles. The average Bonchev–Trinajstić information content (AvgIpc) is 3.25. The van der Waals surface area contributed by atoms with Crippen molar-refractivity contribution in [3.05, 3.63) is 40.9 Å². The molecule has 1 aromatic heterocycles. The van der Waals surface area contributed by atoms with Gasteiger partial charge >= 0.3 is 0 Å². The molecule has 0 spiro atoms. The number of carbonyl (C=O) groups excluding carboxylic acids is 1. The first-order chi connectivity index (χ1) is 11.7. The van der Waals surface area contributed by atoms with Gasteiger partial charge in [0.1, 0.15) is 6.33 Å². The number of rotatable bonds is 6. The lowest BCUT2D eigenvalue weighted by Gasteiger charge is -2.19. The van der Waals surface area contributed by atoms with Crippen LogP contribution in [0, 0.1) is 0 Å². The van der Waals surface area contributed by atoms with Crippen molar-refractivity contribution in [3.63, 3.8) is 0 Å². The number of benzene rings is 1. The number of aryl methyl sites for hydroxylation is 1. The van der Waals surface area contributed by atoms with Crippen molar-refractivity contribution in [2.45, 2.75) is 39.3 Å². The maximum absolute atomic E-state index is 12.4. The minimum atomic E-state index is -0.157. The van der Waals surface area contributed by atoms with Crippen LogP contribution in [0.15, 0.2) is 24.5 Å². The molecule has 3 rings (SSSR count). The maximum atomic E-state index is 12.4. The van der Waals surface area contributed by atoms with Gasteiger partial charge in [0.25, 0.3) is 5.91 Å². The van der Waals surface area contributed by atoms with Crippen molar-refractivity contribution < 1.29 is 4.79 Å². The van der Waals surface area contributed by atoms with E-state index in [9.17, 15) is 4.79 Å². The molecule has 24 heavy (non-hydrogen) atoms. The van der Waals surface area contributed by atoms with E-state index in [1.807, 2.05) is 16.7 Å². The molecular formula is C17H22ClN5O. The van der Waals surface area contributed by atoms with Crippen LogP contribution in [0.1, 0.15) is 42.4 Å². The molecule has 1 amide bonds. The highest BCUT2D eigenvalue weighted by Gasteiger charge is 2.17. The zero-order valence-electron chi connectivity index (χ0n) is 13.8. The van der Waals surface area contributed by atoms with E-state index in [0.717, 1.165) is 37.6 Å². The fourth-order valence-electron chi connectivity index (χ4n) is 2.97. The summed E-state index contributed by atoms with van der Waals surface area (Å²) in [5.74, 6) is 0.598. The van der Waals surface area contributed by atoms with Crippen molar-refractivity contribution in [3.8, 4) is 0 Å². The van der Waals surface area contributed by atoms with E-state index in [2.05, 4.69) is 27.3 Å². The van der Waals surface area contributed by atoms with Crippen LogP contribution in [0.5, 0.6) is 0 Å². The third-order valence-electron chi connectivity index (χ3n) is 4.22. The molecule has 128 valence electrons. The Morgan fingerprint density at radius 2 is 2.12 bits per heavy atom. The fraction of sp³-hybridized carbons (Fsp3) is 0.471. The van der Waals surface area contributed by atoms with Crippen molar-refractivity contribution in [1.82, 2.24) is 20.1 Å². The Balaban J connectivity index is 1.64. The number of halogens is 1. The Kier molecular flexibility index (Phi) is 5.35. The molecule has 1 aliphatic rings. The van der Waals surface area contributed by atoms with Crippen molar-refractivity contribution >= 4 is 23.2 Å². The molecule has 1 aliphatic heterocycles. The van der Waals surface area contributed by atoms with Crippen LogP contribution >= 0.6 is 11.6 Å². The summed E-state index contributed by atoms with van der Waals surface area (Å²) in [7, 11) is 0. The second-order valence-corrected chi connectivity index (χ2v) is 6.39. The van der Waals surface area contributed by atoms with Gasteiger partial charge in [0.05, 0.1) is 17.3 Å². The SMILES string of the molecule is CCCn1cnnc1CNC(=O)c1ccc(N2CCCC2)c(Cl)c1. The first-order valence-electron chi connectivity index (χ1n) is 8.38. The summed E-state index contributed by atoms with van der Waals surface area (Å²) in [6, 6.07) is 5.50. The molecule has 0 saturated carbocycles. The standard InChI is InChI=1S/C17H22ClN5O/c1-2-7-23-12-20-21-16(23)11-19-17(24)13-5-6-15(14(18)10-13)22-8-3-4-9-22/h5-6,10,12H,2-4,7-9,11H2,1H3,(H,19,24). The third kappa shape index (κ3) is 3.70. The molecular weight excluding hydrogens is 326 g/mol. The molecule has 2 aromatic rings. The summed E-state index contributed by atoms with van der Waals surface area (Å²) in [5, 5.41) is 11.5. The highest BCUT2D eigenvalue weighted by atomic mass is 35.5. The first-order valence-corrected chi connectivity index (χ1v) is 8.76. The molecule has 7 heteroatoms. The van der Waals surface area contributed by atoms with Crippen molar-refractivity contribution in [1.29, 1.82) is 0 Å². The van der Waals surface area contributed by atoms with Gasteiger partial charge in [-0.25, -0.2) is 0 Å². The molecule has 6 nitrogen and oxygen atoms in total. The largest absolute Gasteiger partial charge is 0.370 e. The minimum Gasteiger partial charge on any atom is -0.370 e. The summed E-state index contributed by atoms with van der Waals surface area (Å²) < 4.78 is 1.95. The molecule has 0 unspecified atom stereocenters. The van der Waals surface area contributed by atoms with E-state index in [1.54, 1.807) is 12.4 Å². The summed E-state index contributed by atoms with van der Waals surface area (Å²) in [5.41, 5.74) is 1.57. The van der Waals surface area contributed by atoms with Gasteiger partial charge in [0.2, 0.25) is 0 Å². The van der Waals surface area contributed by atoms with Gasteiger partial charge < -0.3 is 14.8 Å². The van der Waals surface area contributed by atoms with Gasteiger partial charge in [-0.15, -0.1) is 10.2 Å². The van der Waals surface area contributed by atoms with E-state index in [1.165, 1.54) is 12.8 Å². The quantitative estimate of drug-likeness (QED) is 0.872. The third-order valence-corrected chi connectivity index (χ3v) is 4.53. The molecule has 1 fully saturated rings. The minimum absolute atomic E-state index is 0.157. The number of aromatic nitrogens is 3. The van der Waals surface area contributed by atoms with E-state index in [0.29, 0.717) is 17.1 Å². The Hall–Kier alpha value is -2.08. The molecule has 1 aromatic carbocycles. The fourth-order valence-corrected chi connectivity index (χ4v) is 3.27. The highest BCUT2D eigenvalue weighted by Crippen LogP contribution is 2.29. The lowest BCUT2D eigenvalue weighted by atomic mass is 10.2. The van der Waals surface area contributed by atoms with Crippen LogP contribution in [-0.2, 0) is 13.1 Å². The van der Waals surface area contributed by atoms with Crippen LogP contribution in [0.2, 0.25) is 5.02 Å². The van der Waals surface area contributed by atoms with Crippen LogP contribution in [0.25, 0.3) is 0 Å². The summed E-state index contributed by atoms with van der Waals surface area (Å²) >= 11 is 6.37. The van der Waals surface area contributed by atoms with Crippen LogP contribution in [0.3, 0.4) is 0 Å². The molecule has 1 N–H and O–H groups in total. The predicted octanol–water partition coefficient (Wildman–Crippen LogP) is 2.87. The van der Waals surface area contributed by atoms with Crippen LogP contribution in [0.4, 0.5) is 5.69 Å². The van der Waals surface area contributed by atoms with E-state index in [4.69, 9.17) is 11.6 Å². The second kappa shape index (κ2) is 7.66. The van der Waals surface area contributed by atoms with Crippen LogP contribution in [-0.4, -0.2) is 33.8 Å². The lowest BCUT2D eigenvalue weighted by Crippen LogP contribution is -2.25. The lowest BCUT2D eigenvalue weighted by molar-refractivity contribution is 0.0949. The van der Waals surface area contributed by atoms with E-state index in [-0.39, 0.29) is 5.91 Å². The first kappa shape index (κ1) is 16.8. The highest BCUT2D eigenvalue weighted by molar-refractivity contribution is 6.33. The Morgan fingerprint density at radius 1 is 1.33 bits per heavy atom. The van der Waals surface area contributed by atoms with Gasteiger partial charge in [-0.05, 0) is 37.5 Å². The van der Waals surface area contributed by atoms with Gasteiger partial charge in [0, 0.05) is 25.2 Å². The number of carbonyl (C=O) groups is 1. The van der Waals surface area contributed by atoms with Crippen molar-refractivity contribution in [2.24, 2.45) is 0 Å². The number of amides is 1. The van der Waals surface area contributed by atoms with E-state index < -0.39 is 0 Å². The zero-order chi connectivity index (χ0) is 16.9. The Bertz CT molecular complexity index is 709. The number of anilines is 1. The van der Waals surface area contributed by atoms with Gasteiger partial charge in [-0.1, -0.05) is 18.5 Å². The van der Waals surface area contributed by atoms with Gasteiger partial charge in [0.15, 0.2) is 5.82 Å². The predicted molar refractivity (Wildman–Crippen MR) is 94.4 cm³/mol. The molecule has 1 saturated heterocycles. The van der Waals surface area contributed by atoms with Crippen LogP contribution < -0.4 is 10.2 Å². The normalized spacial score (nSPS) is 14.2. The second-order valence-electron chi connectivity index (χ2n) is 5.98. The molecule has 0 radical (unpaired) electrons. The number of hydrogen-bond donors (Lipinski definition) is 1. The smallest absolute Gasteiger partial charge is 0.251 e. The summed E-state index contributed by atoms with van der Waals surface area (Å²) in [4.78, 5) is 14.6. The van der Waals surface area contributed by atoms with E-state index >= 15 is 0 Å². The summed E-state index contributed by atoms with van der Waals surface area (Å²) in [6.45, 7) is 5.34. The molecule has 0 atom stereocenters. The zero-order valence-corrected chi connectivity index (χ0v) is 14.6. The average molecular weight is 348 g/mol. The molecule has 0 aliphatic carbocycles. The number of nitrogens with one attached hydrogen (secondary N) is 1. The maximum Gasteiger partial charge on any atom is 0.251 e. The topological polar surface area (TPSA) is 63.1 Å². The molecule has 0 bridgehead atoms. The Morgan fingerprint density at radius 3 is 2.83 bits per heavy atom. The Labute approximate surface area is 146 Å². The van der Waals surface area contributed by atoms with Crippen molar-refractivity contribution in [2.75, 3.05) is 18.0 Å². The number of nitrogens with zero attached hydrogens (tertiary/aromatic N) is 4. The van der Waals surface area contributed by atoms with Gasteiger partial charge in [-0.2, -0.15) is 0 Å². The van der Waals surface area contributed by atoms with Gasteiger partial charge in [-0.3, -0.25) is 4.79 Å². The monoisotopic (exact) mass is 347 g/mol.